The van der Waals surface area contributed by atoms with E-state index in [2.05, 4.69) is 10.6 Å². The Hall–Kier alpha value is -1.69. The molecule has 1 heterocycles. The van der Waals surface area contributed by atoms with Crippen molar-refractivity contribution in [1.29, 1.82) is 0 Å². The zero-order valence-electron chi connectivity index (χ0n) is 10.4. The van der Waals surface area contributed by atoms with E-state index in [0.717, 1.165) is 17.9 Å². The predicted octanol–water partition coefficient (Wildman–Crippen LogP) is 1.94. The summed E-state index contributed by atoms with van der Waals surface area (Å²) in [6.45, 7) is 0. The number of nitrogens with one attached hydrogen (secondary N) is 2. The van der Waals surface area contributed by atoms with Crippen molar-refractivity contribution in [3.05, 3.63) is 29.8 Å². The fourth-order valence-electron chi connectivity index (χ4n) is 1.88. The molecular formula is C13H16N2O3S. The minimum absolute atomic E-state index is 0.00816. The van der Waals surface area contributed by atoms with Gasteiger partial charge in [-0.1, -0.05) is 12.1 Å². The van der Waals surface area contributed by atoms with Crippen LogP contribution in [-0.4, -0.2) is 34.7 Å². The number of rotatable bonds is 4. The Labute approximate surface area is 115 Å². The number of anilines is 1. The smallest absolute Gasteiger partial charge is 0.319 e. The van der Waals surface area contributed by atoms with E-state index in [1.165, 1.54) is 0 Å². The van der Waals surface area contributed by atoms with Crippen molar-refractivity contribution >= 4 is 29.4 Å². The maximum Gasteiger partial charge on any atom is 0.319 e. The highest BCUT2D eigenvalue weighted by Crippen LogP contribution is 2.17. The highest BCUT2D eigenvalue weighted by molar-refractivity contribution is 7.99. The molecule has 0 bridgehead atoms. The van der Waals surface area contributed by atoms with Gasteiger partial charge < -0.3 is 15.7 Å². The summed E-state index contributed by atoms with van der Waals surface area (Å²) in [7, 11) is 0. The van der Waals surface area contributed by atoms with E-state index >= 15 is 0 Å². The van der Waals surface area contributed by atoms with Crippen LogP contribution in [0.25, 0.3) is 0 Å². The van der Waals surface area contributed by atoms with Gasteiger partial charge in [0.15, 0.2) is 0 Å². The molecule has 3 N–H and O–H groups in total. The molecule has 102 valence electrons. The number of thioether (sulfide) groups is 1. The number of carbonyl (C=O) groups is 2. The SMILES string of the molecule is O=C(O)Cc1ccc(NC(=O)NC2CCSC2)cc1. The fraction of sp³-hybridized carbons (Fsp3) is 0.385. The summed E-state index contributed by atoms with van der Waals surface area (Å²) in [6, 6.07) is 6.86. The Morgan fingerprint density at radius 3 is 2.63 bits per heavy atom. The summed E-state index contributed by atoms with van der Waals surface area (Å²) in [4.78, 5) is 22.2. The first-order valence-electron chi connectivity index (χ1n) is 6.09. The van der Waals surface area contributed by atoms with Crippen LogP contribution in [0.4, 0.5) is 10.5 Å². The van der Waals surface area contributed by atoms with Gasteiger partial charge in [0, 0.05) is 17.5 Å². The summed E-state index contributed by atoms with van der Waals surface area (Å²) in [5.41, 5.74) is 1.38. The van der Waals surface area contributed by atoms with Gasteiger partial charge in [-0.3, -0.25) is 4.79 Å². The lowest BCUT2D eigenvalue weighted by Gasteiger charge is -2.12. The molecule has 1 fully saturated rings. The lowest BCUT2D eigenvalue weighted by atomic mass is 10.1. The average Bonchev–Trinajstić information content (AvgIpc) is 2.83. The van der Waals surface area contributed by atoms with Gasteiger partial charge in [0.2, 0.25) is 0 Å². The van der Waals surface area contributed by atoms with E-state index in [9.17, 15) is 9.59 Å². The first-order chi connectivity index (χ1) is 9.13. The topological polar surface area (TPSA) is 78.4 Å². The maximum atomic E-state index is 11.7. The molecule has 0 aliphatic carbocycles. The normalized spacial score (nSPS) is 18.0. The van der Waals surface area contributed by atoms with Gasteiger partial charge in [-0.15, -0.1) is 0 Å². The first-order valence-corrected chi connectivity index (χ1v) is 7.25. The summed E-state index contributed by atoms with van der Waals surface area (Å²) in [5, 5.41) is 14.3. The van der Waals surface area contributed by atoms with E-state index in [1.807, 2.05) is 11.8 Å². The Morgan fingerprint density at radius 1 is 1.32 bits per heavy atom. The Balaban J connectivity index is 1.84. The largest absolute Gasteiger partial charge is 0.481 e. The van der Waals surface area contributed by atoms with Gasteiger partial charge >= 0.3 is 12.0 Å². The standard InChI is InChI=1S/C13H16N2O3S/c16-12(17)7-9-1-3-10(4-2-9)14-13(18)15-11-5-6-19-8-11/h1-4,11H,5-8H2,(H,16,17)(H2,14,15,18). The molecule has 0 saturated carbocycles. The minimum atomic E-state index is -0.864. The van der Waals surface area contributed by atoms with Gasteiger partial charge in [0.25, 0.3) is 0 Å². The van der Waals surface area contributed by atoms with Gasteiger partial charge in [-0.05, 0) is 29.9 Å². The second-order valence-corrected chi connectivity index (χ2v) is 5.58. The molecule has 1 aromatic carbocycles. The summed E-state index contributed by atoms with van der Waals surface area (Å²) >= 11 is 1.84. The molecule has 1 aliphatic rings. The highest BCUT2D eigenvalue weighted by Gasteiger charge is 2.17. The van der Waals surface area contributed by atoms with Crippen LogP contribution in [0.3, 0.4) is 0 Å². The summed E-state index contributed by atoms with van der Waals surface area (Å²) in [6.07, 6.45) is 1.00. The van der Waals surface area contributed by atoms with E-state index in [1.54, 1.807) is 24.3 Å². The van der Waals surface area contributed by atoms with Crippen molar-refractivity contribution in [2.24, 2.45) is 0 Å². The Kier molecular flexibility index (Phi) is 4.68. The van der Waals surface area contributed by atoms with Crippen molar-refractivity contribution in [3.8, 4) is 0 Å². The quantitative estimate of drug-likeness (QED) is 0.787. The van der Waals surface area contributed by atoms with Crippen molar-refractivity contribution in [3.63, 3.8) is 0 Å². The van der Waals surface area contributed by atoms with Crippen LogP contribution in [0.15, 0.2) is 24.3 Å². The molecule has 1 unspecified atom stereocenters. The van der Waals surface area contributed by atoms with Crippen LogP contribution in [0.5, 0.6) is 0 Å². The van der Waals surface area contributed by atoms with E-state index < -0.39 is 5.97 Å². The average molecular weight is 280 g/mol. The van der Waals surface area contributed by atoms with Crippen molar-refractivity contribution in [2.45, 2.75) is 18.9 Å². The number of amides is 2. The second kappa shape index (κ2) is 6.47. The van der Waals surface area contributed by atoms with Crippen LogP contribution >= 0.6 is 11.8 Å². The number of aliphatic carboxylic acids is 1. The minimum Gasteiger partial charge on any atom is -0.481 e. The highest BCUT2D eigenvalue weighted by atomic mass is 32.2. The molecule has 0 aromatic heterocycles. The number of hydrogen-bond acceptors (Lipinski definition) is 3. The summed E-state index contributed by atoms with van der Waals surface area (Å²) < 4.78 is 0. The van der Waals surface area contributed by atoms with Gasteiger partial charge in [-0.25, -0.2) is 4.79 Å². The molecule has 1 aliphatic heterocycles. The van der Waals surface area contributed by atoms with E-state index in [-0.39, 0.29) is 18.5 Å². The number of carboxylic acids is 1. The predicted molar refractivity (Wildman–Crippen MR) is 75.7 cm³/mol. The third-order valence-electron chi connectivity index (χ3n) is 2.83. The molecule has 1 atom stereocenters. The third kappa shape index (κ3) is 4.48. The van der Waals surface area contributed by atoms with Gasteiger partial charge in [0.05, 0.1) is 6.42 Å². The number of carboxylic acid groups (broad SMARTS) is 1. The van der Waals surface area contributed by atoms with E-state index in [4.69, 9.17) is 5.11 Å². The number of hydrogen-bond donors (Lipinski definition) is 3. The van der Waals surface area contributed by atoms with Crippen molar-refractivity contribution in [1.82, 2.24) is 5.32 Å². The lowest BCUT2D eigenvalue weighted by Crippen LogP contribution is -2.37. The fourth-order valence-corrected chi connectivity index (χ4v) is 3.03. The van der Waals surface area contributed by atoms with Crippen LogP contribution in [0, 0.1) is 0 Å². The number of carbonyl (C=O) groups excluding carboxylic acids is 1. The van der Waals surface area contributed by atoms with Gasteiger partial charge in [0.1, 0.15) is 0 Å². The molecule has 2 rings (SSSR count). The van der Waals surface area contributed by atoms with E-state index in [0.29, 0.717) is 11.3 Å². The molecule has 1 saturated heterocycles. The monoisotopic (exact) mass is 280 g/mol. The molecule has 5 nitrogen and oxygen atoms in total. The van der Waals surface area contributed by atoms with Crippen molar-refractivity contribution < 1.29 is 14.7 Å². The zero-order valence-corrected chi connectivity index (χ0v) is 11.2. The van der Waals surface area contributed by atoms with Gasteiger partial charge in [-0.2, -0.15) is 11.8 Å². The van der Waals surface area contributed by atoms with Crippen molar-refractivity contribution in [2.75, 3.05) is 16.8 Å². The number of urea groups is 1. The molecular weight excluding hydrogens is 264 g/mol. The second-order valence-electron chi connectivity index (χ2n) is 4.43. The van der Waals surface area contributed by atoms with Crippen LogP contribution in [0.2, 0.25) is 0 Å². The number of benzene rings is 1. The molecule has 19 heavy (non-hydrogen) atoms. The third-order valence-corrected chi connectivity index (χ3v) is 3.99. The molecule has 0 radical (unpaired) electrons. The summed E-state index contributed by atoms with van der Waals surface area (Å²) in [5.74, 6) is 1.19. The van der Waals surface area contributed by atoms with Crippen LogP contribution in [-0.2, 0) is 11.2 Å². The maximum absolute atomic E-state index is 11.7. The molecule has 6 heteroatoms. The lowest BCUT2D eigenvalue weighted by molar-refractivity contribution is -0.136. The molecule has 2 amide bonds. The molecule has 0 spiro atoms. The Morgan fingerprint density at radius 2 is 2.05 bits per heavy atom. The zero-order chi connectivity index (χ0) is 13.7. The van der Waals surface area contributed by atoms with Crippen LogP contribution < -0.4 is 10.6 Å². The molecule has 1 aromatic rings. The van der Waals surface area contributed by atoms with Crippen LogP contribution in [0.1, 0.15) is 12.0 Å². The first kappa shape index (κ1) is 13.7. The Bertz CT molecular complexity index is 455.